The molecule has 0 amide bonds. The second-order valence-electron chi connectivity index (χ2n) is 3.91. The van der Waals surface area contributed by atoms with E-state index in [0.717, 1.165) is 11.2 Å². The molecule has 21 heavy (non-hydrogen) atoms. The fourth-order valence-corrected chi connectivity index (χ4v) is 1.73. The van der Waals surface area contributed by atoms with Gasteiger partial charge < -0.3 is 0 Å². The van der Waals surface area contributed by atoms with Crippen LogP contribution in [-0.4, -0.2) is 10.2 Å². The van der Waals surface area contributed by atoms with E-state index in [1.54, 1.807) is 0 Å². The van der Waals surface area contributed by atoms with Crippen LogP contribution in [0.3, 0.4) is 0 Å². The molecule has 0 fully saturated rings. The van der Waals surface area contributed by atoms with Crippen LogP contribution in [0, 0.1) is 11.6 Å². The first-order valence-corrected chi connectivity index (χ1v) is 5.20. The molecule has 0 bridgehead atoms. The summed E-state index contributed by atoms with van der Waals surface area (Å²) in [5.74, 6) is -2.92. The first-order chi connectivity index (χ1) is 9.53. The van der Waals surface area contributed by atoms with Crippen molar-refractivity contribution >= 4 is 0 Å². The number of rotatable bonds is 1. The van der Waals surface area contributed by atoms with Gasteiger partial charge in [0.25, 0.3) is 0 Å². The number of H-pyrrole nitrogens is 1. The Kier molecular flexibility index (Phi) is 3.42. The summed E-state index contributed by atoms with van der Waals surface area (Å²) in [7, 11) is 0. The third-order valence-electron chi connectivity index (χ3n) is 2.53. The second kappa shape index (κ2) is 4.71. The summed E-state index contributed by atoms with van der Waals surface area (Å²) in [5, 5.41) is 3.94. The smallest absolute Gasteiger partial charge is 0.272 e. The molecule has 114 valence electrons. The highest BCUT2D eigenvalue weighted by atomic mass is 19.4. The molecule has 0 atom stereocenters. The molecular formula is C11H4F8N2. The van der Waals surface area contributed by atoms with E-state index in [1.807, 2.05) is 0 Å². The second-order valence-corrected chi connectivity index (χ2v) is 3.91. The van der Waals surface area contributed by atoms with Crippen LogP contribution in [0.1, 0.15) is 11.3 Å². The predicted octanol–water partition coefficient (Wildman–Crippen LogP) is 4.39. The Labute approximate surface area is 111 Å². The van der Waals surface area contributed by atoms with Crippen LogP contribution in [0.2, 0.25) is 0 Å². The molecule has 0 aliphatic rings. The Hall–Kier alpha value is -2.13. The lowest BCUT2D eigenvalue weighted by molar-refractivity contribution is -0.163. The first-order valence-electron chi connectivity index (χ1n) is 5.20. The quantitative estimate of drug-likeness (QED) is 0.777. The number of halogens is 8. The van der Waals surface area contributed by atoms with Gasteiger partial charge in [-0.25, -0.2) is 8.78 Å². The number of benzene rings is 1. The van der Waals surface area contributed by atoms with Gasteiger partial charge in [-0.3, -0.25) is 5.10 Å². The predicted molar refractivity (Wildman–Crippen MR) is 53.9 cm³/mol. The topological polar surface area (TPSA) is 28.7 Å². The van der Waals surface area contributed by atoms with Gasteiger partial charge >= 0.3 is 12.4 Å². The lowest BCUT2D eigenvalue weighted by Gasteiger charge is -2.12. The monoisotopic (exact) mass is 316 g/mol. The molecule has 0 aliphatic carbocycles. The van der Waals surface area contributed by atoms with Crippen LogP contribution in [0.25, 0.3) is 11.3 Å². The van der Waals surface area contributed by atoms with E-state index in [9.17, 15) is 35.1 Å². The largest absolute Gasteiger partial charge is 0.433 e. The van der Waals surface area contributed by atoms with Crippen molar-refractivity contribution in [3.63, 3.8) is 0 Å². The highest BCUT2D eigenvalue weighted by Crippen LogP contribution is 2.44. The van der Waals surface area contributed by atoms with E-state index in [2.05, 4.69) is 5.10 Å². The Morgan fingerprint density at radius 2 is 1.38 bits per heavy atom. The number of alkyl halides is 6. The van der Waals surface area contributed by atoms with Crippen molar-refractivity contribution < 1.29 is 35.1 Å². The summed E-state index contributed by atoms with van der Waals surface area (Å²) in [4.78, 5) is 0. The molecule has 0 saturated carbocycles. The lowest BCUT2D eigenvalue weighted by Crippen LogP contribution is -2.16. The normalized spacial score (nSPS) is 12.8. The van der Waals surface area contributed by atoms with Crippen LogP contribution >= 0.6 is 0 Å². The van der Waals surface area contributed by atoms with Gasteiger partial charge in [0.05, 0.1) is 5.56 Å². The molecule has 1 aromatic carbocycles. The maximum absolute atomic E-state index is 13.5. The third-order valence-corrected chi connectivity index (χ3v) is 2.53. The molecule has 1 heterocycles. The van der Waals surface area contributed by atoms with Gasteiger partial charge in [-0.2, -0.15) is 31.4 Å². The maximum Gasteiger partial charge on any atom is 0.433 e. The van der Waals surface area contributed by atoms with Crippen LogP contribution in [0.5, 0.6) is 0 Å². The van der Waals surface area contributed by atoms with Crippen molar-refractivity contribution in [2.24, 2.45) is 0 Å². The van der Waals surface area contributed by atoms with E-state index in [-0.39, 0.29) is 0 Å². The zero-order valence-corrected chi connectivity index (χ0v) is 9.70. The van der Waals surface area contributed by atoms with Crippen molar-refractivity contribution in [3.8, 4) is 11.3 Å². The summed E-state index contributed by atoms with van der Waals surface area (Å²) in [6.07, 6.45) is -10.9. The minimum absolute atomic E-state index is 0.612. The van der Waals surface area contributed by atoms with Crippen molar-refractivity contribution in [3.05, 3.63) is 41.1 Å². The molecule has 0 saturated heterocycles. The number of nitrogens with one attached hydrogen (secondary N) is 1. The SMILES string of the molecule is Fc1cccc(F)c1-c1n[nH]c(C(F)(F)F)c1C(F)(F)F. The summed E-state index contributed by atoms with van der Waals surface area (Å²) >= 11 is 0. The minimum atomic E-state index is -5.50. The maximum atomic E-state index is 13.5. The van der Waals surface area contributed by atoms with Crippen LogP contribution in [0.4, 0.5) is 35.1 Å². The third kappa shape index (κ3) is 2.69. The van der Waals surface area contributed by atoms with E-state index in [4.69, 9.17) is 0 Å². The Bertz CT molecular complexity index is 648. The number of hydrogen-bond acceptors (Lipinski definition) is 1. The number of aromatic amines is 1. The van der Waals surface area contributed by atoms with Crippen LogP contribution in [0.15, 0.2) is 18.2 Å². The Morgan fingerprint density at radius 1 is 0.857 bits per heavy atom. The Balaban J connectivity index is 2.80. The fraction of sp³-hybridized carbons (Fsp3) is 0.182. The van der Waals surface area contributed by atoms with Gasteiger partial charge in [-0.05, 0) is 12.1 Å². The molecule has 1 N–H and O–H groups in total. The molecule has 10 heteroatoms. The molecule has 0 radical (unpaired) electrons. The van der Waals surface area contributed by atoms with Crippen molar-refractivity contribution in [1.29, 1.82) is 0 Å². The van der Waals surface area contributed by atoms with E-state index < -0.39 is 46.5 Å². The van der Waals surface area contributed by atoms with Gasteiger partial charge in [0.15, 0.2) is 5.69 Å². The average molecular weight is 316 g/mol. The van der Waals surface area contributed by atoms with E-state index in [0.29, 0.717) is 12.1 Å². The molecular weight excluding hydrogens is 312 g/mol. The standard InChI is InChI=1S/C11H4F8N2/c12-4-2-1-3-5(13)6(4)8-7(10(14,15)16)9(21-20-8)11(17,18)19/h1-3H,(H,20,21). The first kappa shape index (κ1) is 15.3. The molecule has 2 rings (SSSR count). The molecule has 2 nitrogen and oxygen atoms in total. The van der Waals surface area contributed by atoms with Gasteiger partial charge in [-0.1, -0.05) is 6.07 Å². The zero-order valence-electron chi connectivity index (χ0n) is 9.70. The van der Waals surface area contributed by atoms with Gasteiger partial charge in [0.2, 0.25) is 0 Å². The minimum Gasteiger partial charge on any atom is -0.272 e. The lowest BCUT2D eigenvalue weighted by atomic mass is 10.0. The van der Waals surface area contributed by atoms with Crippen molar-refractivity contribution in [2.45, 2.75) is 12.4 Å². The van der Waals surface area contributed by atoms with Crippen LogP contribution < -0.4 is 0 Å². The van der Waals surface area contributed by atoms with E-state index >= 15 is 0 Å². The molecule has 0 aliphatic heterocycles. The molecule has 0 spiro atoms. The molecule has 2 aromatic rings. The summed E-state index contributed by atoms with van der Waals surface area (Å²) in [6, 6.07) is 2.08. The highest BCUT2D eigenvalue weighted by molar-refractivity contribution is 5.66. The van der Waals surface area contributed by atoms with E-state index in [1.165, 1.54) is 0 Å². The fourth-order valence-electron chi connectivity index (χ4n) is 1.73. The zero-order chi connectivity index (χ0) is 16.0. The molecule has 1 aromatic heterocycles. The number of nitrogens with zero attached hydrogens (tertiary/aromatic N) is 1. The van der Waals surface area contributed by atoms with Gasteiger partial charge in [-0.15, -0.1) is 0 Å². The number of aromatic nitrogens is 2. The number of hydrogen-bond donors (Lipinski definition) is 1. The van der Waals surface area contributed by atoms with Gasteiger partial charge in [0.1, 0.15) is 22.9 Å². The highest BCUT2D eigenvalue weighted by Gasteiger charge is 2.48. The summed E-state index contributed by atoms with van der Waals surface area (Å²) in [5.41, 5.74) is -7.24. The average Bonchev–Trinajstić information content (AvgIpc) is 2.72. The molecule has 0 unspecified atom stereocenters. The van der Waals surface area contributed by atoms with Gasteiger partial charge in [0, 0.05) is 0 Å². The summed E-state index contributed by atoms with van der Waals surface area (Å²) < 4.78 is 103. The van der Waals surface area contributed by atoms with Crippen molar-refractivity contribution in [1.82, 2.24) is 10.2 Å². The van der Waals surface area contributed by atoms with Crippen molar-refractivity contribution in [2.75, 3.05) is 0 Å². The summed E-state index contributed by atoms with van der Waals surface area (Å²) in [6.45, 7) is 0. The van der Waals surface area contributed by atoms with Crippen LogP contribution in [-0.2, 0) is 12.4 Å². The Morgan fingerprint density at radius 3 is 1.81 bits per heavy atom.